The van der Waals surface area contributed by atoms with Crippen LogP contribution in [0, 0.1) is 6.92 Å². The summed E-state index contributed by atoms with van der Waals surface area (Å²) in [5.41, 5.74) is 1.91. The van der Waals surface area contributed by atoms with Crippen LogP contribution in [-0.2, 0) is 19.1 Å². The first-order valence-corrected chi connectivity index (χ1v) is 9.08. The molecule has 0 aliphatic rings. The van der Waals surface area contributed by atoms with E-state index in [1.807, 2.05) is 13.8 Å². The highest BCUT2D eigenvalue weighted by molar-refractivity contribution is 14.0. The normalized spacial score (nSPS) is 12.0. The van der Waals surface area contributed by atoms with Gasteiger partial charge in [-0.25, -0.2) is 15.0 Å². The van der Waals surface area contributed by atoms with Crippen LogP contribution in [0.1, 0.15) is 28.2 Å². The Kier molecular flexibility index (Phi) is 9.07. The molecule has 0 saturated carbocycles. The number of nitrogens with zero attached hydrogens (tertiary/aromatic N) is 3. The highest BCUT2D eigenvalue weighted by Gasteiger charge is 2.33. The van der Waals surface area contributed by atoms with Gasteiger partial charge in [0.2, 0.25) is 0 Å². The third kappa shape index (κ3) is 7.05. The molecule has 0 spiro atoms. The van der Waals surface area contributed by atoms with Crippen molar-refractivity contribution >= 4 is 52.6 Å². The number of rotatable bonds is 6. The minimum Gasteiger partial charge on any atom is -0.357 e. The number of nitrogens with one attached hydrogen (secondary N) is 2. The topological polar surface area (TPSA) is 62.2 Å². The Morgan fingerprint density at radius 1 is 1.28 bits per heavy atom. The first kappa shape index (κ1) is 22.1. The van der Waals surface area contributed by atoms with Gasteiger partial charge in [-0.15, -0.1) is 46.7 Å². The molecule has 0 radical (unpaired) electrons. The van der Waals surface area contributed by atoms with Gasteiger partial charge < -0.3 is 10.6 Å². The van der Waals surface area contributed by atoms with Crippen LogP contribution in [-0.4, -0.2) is 29.0 Å². The van der Waals surface area contributed by atoms with Gasteiger partial charge in [0.15, 0.2) is 11.7 Å². The summed E-state index contributed by atoms with van der Waals surface area (Å²) in [4.78, 5) is 13.3. The maximum absolute atomic E-state index is 12.5. The zero-order valence-electron chi connectivity index (χ0n) is 13.7. The van der Waals surface area contributed by atoms with Gasteiger partial charge in [-0.05, 0) is 13.8 Å². The van der Waals surface area contributed by atoms with E-state index < -0.39 is 11.9 Å². The smallest absolute Gasteiger partial charge is 0.357 e. The van der Waals surface area contributed by atoms with Crippen LogP contribution < -0.4 is 10.6 Å². The van der Waals surface area contributed by atoms with Gasteiger partial charge in [0, 0.05) is 29.8 Å². The number of thiazole rings is 2. The number of hydrogen-bond donors (Lipinski definition) is 2. The molecule has 0 aliphatic carbocycles. The number of alkyl halides is 3. The summed E-state index contributed by atoms with van der Waals surface area (Å²) in [5, 5.41) is 7.70. The summed E-state index contributed by atoms with van der Waals surface area (Å²) in [7, 11) is 0. The molecule has 2 aromatic rings. The molecule has 0 amide bonds. The van der Waals surface area contributed by atoms with E-state index in [1.165, 1.54) is 0 Å². The maximum atomic E-state index is 12.5. The molecule has 2 aromatic heterocycles. The molecule has 0 atom stereocenters. The van der Waals surface area contributed by atoms with Gasteiger partial charge >= 0.3 is 6.18 Å². The Bertz CT molecular complexity index is 684. The van der Waals surface area contributed by atoms with Crippen LogP contribution in [0.5, 0.6) is 0 Å². The molecule has 5 nitrogen and oxygen atoms in total. The number of aliphatic imine (C=N–C) groups is 1. The Morgan fingerprint density at radius 2 is 2.04 bits per heavy atom. The average molecular weight is 505 g/mol. The number of aromatic nitrogens is 2. The summed E-state index contributed by atoms with van der Waals surface area (Å²) in [6, 6.07) is 0. The van der Waals surface area contributed by atoms with Crippen molar-refractivity contribution < 1.29 is 13.2 Å². The van der Waals surface area contributed by atoms with Crippen molar-refractivity contribution in [3.05, 3.63) is 32.2 Å². The molecule has 11 heteroatoms. The zero-order valence-corrected chi connectivity index (χ0v) is 17.6. The fraction of sp³-hybridized carbons (Fsp3) is 0.500. The molecular weight excluding hydrogens is 486 g/mol. The number of aryl methyl sites for hydroxylation is 1. The molecule has 0 aromatic carbocycles. The summed E-state index contributed by atoms with van der Waals surface area (Å²) < 4.78 is 37.5. The van der Waals surface area contributed by atoms with Gasteiger partial charge in [0.05, 0.1) is 22.8 Å². The Morgan fingerprint density at radius 3 is 2.60 bits per heavy atom. The zero-order chi connectivity index (χ0) is 17.6. The van der Waals surface area contributed by atoms with Crippen molar-refractivity contribution in [1.82, 2.24) is 20.6 Å². The summed E-state index contributed by atoms with van der Waals surface area (Å²) in [5.74, 6) is 0.623. The van der Waals surface area contributed by atoms with Crippen LogP contribution in [0.2, 0.25) is 0 Å². The van der Waals surface area contributed by atoms with E-state index in [0.29, 0.717) is 37.0 Å². The Balaban J connectivity index is 0.00000312. The monoisotopic (exact) mass is 505 g/mol. The first-order valence-electron chi connectivity index (χ1n) is 7.33. The van der Waals surface area contributed by atoms with Crippen molar-refractivity contribution in [1.29, 1.82) is 0 Å². The van der Waals surface area contributed by atoms with Crippen LogP contribution in [0.15, 0.2) is 15.9 Å². The third-order valence-electron chi connectivity index (χ3n) is 3.04. The second-order valence-electron chi connectivity index (χ2n) is 4.86. The van der Waals surface area contributed by atoms with E-state index >= 15 is 0 Å². The molecule has 0 unspecified atom stereocenters. The fourth-order valence-corrected chi connectivity index (χ4v) is 3.32. The molecule has 0 aliphatic heterocycles. The van der Waals surface area contributed by atoms with Gasteiger partial charge in [0.25, 0.3) is 0 Å². The molecule has 0 fully saturated rings. The van der Waals surface area contributed by atoms with E-state index in [1.54, 1.807) is 16.8 Å². The second-order valence-corrected chi connectivity index (χ2v) is 6.74. The number of hydrogen-bond acceptors (Lipinski definition) is 5. The SMILES string of the molecule is CCNC(=NCc1scnc1C)NCCc1nc(C(F)(F)F)cs1.I. The van der Waals surface area contributed by atoms with Gasteiger partial charge in [-0.2, -0.15) is 13.2 Å². The fourth-order valence-electron chi connectivity index (χ4n) is 1.81. The number of halogens is 4. The van der Waals surface area contributed by atoms with Gasteiger partial charge in [-0.1, -0.05) is 0 Å². The summed E-state index contributed by atoms with van der Waals surface area (Å²) >= 11 is 2.56. The lowest BCUT2D eigenvalue weighted by atomic mass is 10.4. The minimum absolute atomic E-state index is 0. The quantitative estimate of drug-likeness (QED) is 0.356. The van der Waals surface area contributed by atoms with E-state index in [2.05, 4.69) is 25.6 Å². The average Bonchev–Trinajstić information content (AvgIpc) is 3.13. The molecule has 140 valence electrons. The predicted octanol–water partition coefficient (Wildman–Crippen LogP) is 3.84. The van der Waals surface area contributed by atoms with Gasteiger partial charge in [0.1, 0.15) is 0 Å². The molecule has 0 saturated heterocycles. The lowest BCUT2D eigenvalue weighted by Crippen LogP contribution is -2.38. The molecular formula is C14H19F3IN5S2. The lowest BCUT2D eigenvalue weighted by Gasteiger charge is -2.10. The second kappa shape index (κ2) is 10.3. The Labute approximate surface area is 169 Å². The van der Waals surface area contributed by atoms with Crippen LogP contribution in [0.4, 0.5) is 13.2 Å². The standard InChI is InChI=1S/C14H18F3N5S2.HI/c1-3-18-13(20-6-10-9(2)21-8-24-10)19-5-4-12-22-11(7-23-12)14(15,16)17;/h7-8H,3-6H2,1-2H3,(H2,18,19,20);1H. The third-order valence-corrected chi connectivity index (χ3v) is 4.87. The highest BCUT2D eigenvalue weighted by Crippen LogP contribution is 2.29. The maximum Gasteiger partial charge on any atom is 0.434 e. The lowest BCUT2D eigenvalue weighted by molar-refractivity contribution is -0.140. The molecule has 25 heavy (non-hydrogen) atoms. The van der Waals surface area contributed by atoms with Gasteiger partial charge in [-0.3, -0.25) is 0 Å². The van der Waals surface area contributed by atoms with E-state index in [4.69, 9.17) is 0 Å². The van der Waals surface area contributed by atoms with Crippen LogP contribution in [0.25, 0.3) is 0 Å². The summed E-state index contributed by atoms with van der Waals surface area (Å²) in [6.45, 7) is 5.55. The molecule has 2 rings (SSSR count). The predicted molar refractivity (Wildman–Crippen MR) is 106 cm³/mol. The van der Waals surface area contributed by atoms with Crippen molar-refractivity contribution in [2.24, 2.45) is 4.99 Å². The van der Waals surface area contributed by atoms with Crippen molar-refractivity contribution in [3.63, 3.8) is 0 Å². The Hall–Kier alpha value is -0.950. The van der Waals surface area contributed by atoms with E-state index in [0.717, 1.165) is 27.3 Å². The van der Waals surface area contributed by atoms with Crippen LogP contribution >= 0.6 is 46.7 Å². The van der Waals surface area contributed by atoms with E-state index in [-0.39, 0.29) is 24.0 Å². The molecule has 0 bridgehead atoms. The first-order chi connectivity index (χ1) is 11.4. The van der Waals surface area contributed by atoms with Crippen molar-refractivity contribution in [2.45, 2.75) is 33.0 Å². The molecule has 2 N–H and O–H groups in total. The number of guanidine groups is 1. The van der Waals surface area contributed by atoms with E-state index in [9.17, 15) is 13.2 Å². The van der Waals surface area contributed by atoms with Crippen molar-refractivity contribution in [2.75, 3.05) is 13.1 Å². The largest absolute Gasteiger partial charge is 0.434 e. The highest BCUT2D eigenvalue weighted by atomic mass is 127. The minimum atomic E-state index is -4.38. The summed E-state index contributed by atoms with van der Waals surface area (Å²) in [6.07, 6.45) is -3.98. The molecule has 2 heterocycles. The van der Waals surface area contributed by atoms with Crippen LogP contribution in [0.3, 0.4) is 0 Å². The van der Waals surface area contributed by atoms with Crippen molar-refractivity contribution in [3.8, 4) is 0 Å².